The molecule has 2 saturated carbocycles. The molecule has 4 unspecified atom stereocenters. The first kappa shape index (κ1) is 19.3. The molecule has 2 aliphatic carbocycles. The van der Waals surface area contributed by atoms with E-state index < -0.39 is 5.97 Å². The molecule has 0 radical (unpaired) electrons. The summed E-state index contributed by atoms with van der Waals surface area (Å²) in [6.07, 6.45) is 4.39. The zero-order valence-corrected chi connectivity index (χ0v) is 17.7. The van der Waals surface area contributed by atoms with Crippen LogP contribution in [-0.4, -0.2) is 28.4 Å². The quantitative estimate of drug-likeness (QED) is 0.733. The lowest BCUT2D eigenvalue weighted by Gasteiger charge is -2.48. The predicted octanol–water partition coefficient (Wildman–Crippen LogP) is 4.94. The van der Waals surface area contributed by atoms with Gasteiger partial charge in [-0.1, -0.05) is 32.0 Å². The van der Waals surface area contributed by atoms with Gasteiger partial charge in [-0.3, -0.25) is 0 Å². The lowest BCUT2D eigenvalue weighted by Crippen LogP contribution is -2.54. The summed E-state index contributed by atoms with van der Waals surface area (Å²) < 4.78 is 12.3. The number of carboxylic acid groups (broad SMARTS) is 1. The fourth-order valence-corrected chi connectivity index (χ4v) is 6.48. The molecule has 2 N–H and O–H groups in total. The molecule has 2 aromatic rings. The van der Waals surface area contributed by atoms with Crippen molar-refractivity contribution in [2.75, 3.05) is 6.61 Å². The standard InChI is InChI=1S/C25H28O5/c1-23-11-9-16(14-23)25(3)24(23,2)18-13-15(7-8-19(18)30-25)10-12-29-20-6-4-5-17(21(20)26)22(27)28/h4-8,13,16,26H,9-12,14H2,1-3H3,(H,27,28). The number of hydrogen-bond acceptors (Lipinski definition) is 4. The minimum absolute atomic E-state index is 0.00318. The summed E-state index contributed by atoms with van der Waals surface area (Å²) in [6.45, 7) is 7.45. The zero-order chi connectivity index (χ0) is 21.3. The molecule has 5 heteroatoms. The molecule has 2 fully saturated rings. The zero-order valence-electron chi connectivity index (χ0n) is 17.7. The van der Waals surface area contributed by atoms with Gasteiger partial charge in [0.15, 0.2) is 11.5 Å². The van der Waals surface area contributed by atoms with E-state index in [1.54, 1.807) is 12.1 Å². The first-order chi connectivity index (χ1) is 14.2. The molecular formula is C25H28O5. The van der Waals surface area contributed by atoms with Gasteiger partial charge in [-0.2, -0.15) is 0 Å². The molecule has 1 aliphatic heterocycles. The fraction of sp³-hybridized carbons (Fsp3) is 0.480. The van der Waals surface area contributed by atoms with Gasteiger partial charge >= 0.3 is 5.97 Å². The topological polar surface area (TPSA) is 76.0 Å². The van der Waals surface area contributed by atoms with Crippen molar-refractivity contribution in [1.29, 1.82) is 0 Å². The van der Waals surface area contributed by atoms with Crippen molar-refractivity contribution in [1.82, 2.24) is 0 Å². The summed E-state index contributed by atoms with van der Waals surface area (Å²) in [4.78, 5) is 11.2. The maximum atomic E-state index is 11.2. The van der Waals surface area contributed by atoms with Gasteiger partial charge in [0.05, 0.1) is 6.61 Å². The Balaban J connectivity index is 1.36. The average Bonchev–Trinajstić information content (AvgIpc) is 3.27. The second kappa shape index (κ2) is 6.16. The van der Waals surface area contributed by atoms with Crippen LogP contribution in [0.4, 0.5) is 0 Å². The molecule has 30 heavy (non-hydrogen) atoms. The lowest BCUT2D eigenvalue weighted by atomic mass is 9.56. The summed E-state index contributed by atoms with van der Waals surface area (Å²) in [5.74, 6) is 0.308. The van der Waals surface area contributed by atoms with E-state index in [0.717, 1.165) is 11.3 Å². The summed E-state index contributed by atoms with van der Waals surface area (Å²) in [7, 11) is 0. The van der Waals surface area contributed by atoms with Gasteiger partial charge in [0.1, 0.15) is 16.9 Å². The first-order valence-corrected chi connectivity index (χ1v) is 10.7. The van der Waals surface area contributed by atoms with Gasteiger partial charge in [-0.25, -0.2) is 4.79 Å². The number of aromatic hydroxyl groups is 1. The van der Waals surface area contributed by atoms with Crippen LogP contribution in [0.2, 0.25) is 0 Å². The van der Waals surface area contributed by atoms with E-state index >= 15 is 0 Å². The second-order valence-electron chi connectivity index (χ2n) is 9.72. The number of fused-ring (bicyclic) bond motifs is 7. The van der Waals surface area contributed by atoms with Gasteiger partial charge in [-0.05, 0) is 61.3 Å². The molecule has 0 amide bonds. The summed E-state index contributed by atoms with van der Waals surface area (Å²) >= 11 is 0. The number of rotatable bonds is 5. The number of aromatic carboxylic acids is 1. The normalized spacial score (nSPS) is 33.1. The van der Waals surface area contributed by atoms with Gasteiger partial charge in [0.2, 0.25) is 0 Å². The third kappa shape index (κ3) is 2.32. The second-order valence-corrected chi connectivity index (χ2v) is 9.72. The molecular weight excluding hydrogens is 380 g/mol. The van der Waals surface area contributed by atoms with E-state index in [1.807, 2.05) is 0 Å². The molecule has 5 rings (SSSR count). The fourth-order valence-electron chi connectivity index (χ4n) is 6.48. The van der Waals surface area contributed by atoms with Gasteiger partial charge in [0.25, 0.3) is 0 Å². The summed E-state index contributed by atoms with van der Waals surface area (Å²) in [5.41, 5.74) is 2.43. The van der Waals surface area contributed by atoms with Crippen LogP contribution in [0.25, 0.3) is 0 Å². The van der Waals surface area contributed by atoms with E-state index in [1.165, 1.54) is 30.9 Å². The highest BCUT2D eigenvalue weighted by atomic mass is 16.5. The molecule has 2 aromatic carbocycles. The smallest absolute Gasteiger partial charge is 0.339 e. The molecule has 2 bridgehead atoms. The SMILES string of the molecule is CC12CCC(C1)C1(C)Oc3ccc(CCOc4cccc(C(=O)O)c4O)cc3C21C. The Bertz CT molecular complexity index is 1050. The van der Waals surface area contributed by atoms with Gasteiger partial charge in [0, 0.05) is 17.4 Å². The third-order valence-electron chi connectivity index (χ3n) is 8.50. The van der Waals surface area contributed by atoms with Crippen molar-refractivity contribution in [3.8, 4) is 17.2 Å². The van der Waals surface area contributed by atoms with E-state index in [-0.39, 0.29) is 33.5 Å². The third-order valence-corrected chi connectivity index (χ3v) is 8.50. The van der Waals surface area contributed by atoms with Crippen LogP contribution in [0.5, 0.6) is 17.2 Å². The Morgan fingerprint density at radius 3 is 2.80 bits per heavy atom. The van der Waals surface area contributed by atoms with Crippen molar-refractivity contribution < 1.29 is 24.5 Å². The Hall–Kier alpha value is -2.69. The van der Waals surface area contributed by atoms with Crippen molar-refractivity contribution in [2.24, 2.45) is 11.3 Å². The largest absolute Gasteiger partial charge is 0.504 e. The van der Waals surface area contributed by atoms with E-state index in [4.69, 9.17) is 14.6 Å². The maximum absolute atomic E-state index is 11.2. The average molecular weight is 408 g/mol. The van der Waals surface area contributed by atoms with Crippen LogP contribution >= 0.6 is 0 Å². The van der Waals surface area contributed by atoms with Crippen LogP contribution in [-0.2, 0) is 11.8 Å². The van der Waals surface area contributed by atoms with E-state index in [9.17, 15) is 9.90 Å². The van der Waals surface area contributed by atoms with Crippen molar-refractivity contribution >= 4 is 5.97 Å². The predicted molar refractivity (Wildman–Crippen MR) is 113 cm³/mol. The number of para-hydroxylation sites is 1. The van der Waals surface area contributed by atoms with Crippen molar-refractivity contribution in [2.45, 2.75) is 57.5 Å². The first-order valence-electron chi connectivity index (χ1n) is 10.7. The van der Waals surface area contributed by atoms with Crippen molar-refractivity contribution in [3.63, 3.8) is 0 Å². The Labute approximate surface area is 176 Å². The van der Waals surface area contributed by atoms with E-state index in [0.29, 0.717) is 18.9 Å². The molecule has 0 aromatic heterocycles. The molecule has 0 spiro atoms. The highest BCUT2D eigenvalue weighted by Gasteiger charge is 2.73. The highest BCUT2D eigenvalue weighted by Crippen LogP contribution is 2.73. The molecule has 1 heterocycles. The Kier molecular flexibility index (Phi) is 3.96. The Morgan fingerprint density at radius 1 is 1.23 bits per heavy atom. The molecule has 158 valence electrons. The van der Waals surface area contributed by atoms with Gasteiger partial charge in [-0.15, -0.1) is 0 Å². The van der Waals surface area contributed by atoms with Gasteiger partial charge < -0.3 is 19.7 Å². The van der Waals surface area contributed by atoms with Crippen LogP contribution < -0.4 is 9.47 Å². The Morgan fingerprint density at radius 2 is 2.03 bits per heavy atom. The molecule has 5 nitrogen and oxygen atoms in total. The number of ether oxygens (including phenoxy) is 2. The minimum Gasteiger partial charge on any atom is -0.504 e. The summed E-state index contributed by atoms with van der Waals surface area (Å²) in [6, 6.07) is 10.9. The number of benzene rings is 2. The number of hydrogen-bond donors (Lipinski definition) is 2. The van der Waals surface area contributed by atoms with Crippen LogP contribution in [0.15, 0.2) is 36.4 Å². The van der Waals surface area contributed by atoms with Crippen LogP contribution in [0, 0.1) is 11.3 Å². The molecule has 3 aliphatic rings. The van der Waals surface area contributed by atoms with Crippen molar-refractivity contribution in [3.05, 3.63) is 53.1 Å². The molecule has 0 saturated heterocycles. The molecule has 4 atom stereocenters. The maximum Gasteiger partial charge on any atom is 0.339 e. The number of phenols is 1. The lowest BCUT2D eigenvalue weighted by molar-refractivity contribution is -0.0260. The van der Waals surface area contributed by atoms with Crippen LogP contribution in [0.3, 0.4) is 0 Å². The number of carbonyl (C=O) groups is 1. The summed E-state index contributed by atoms with van der Waals surface area (Å²) in [5, 5.41) is 19.3. The highest BCUT2D eigenvalue weighted by molar-refractivity contribution is 5.91. The van der Waals surface area contributed by atoms with Crippen LogP contribution in [0.1, 0.15) is 61.5 Å². The monoisotopic (exact) mass is 408 g/mol. The minimum atomic E-state index is -1.17. The number of carboxylic acids is 1. The van der Waals surface area contributed by atoms with E-state index in [2.05, 4.69) is 39.0 Å².